The molecule has 2 aromatic rings. The number of benzene rings is 2. The molecular formula is C21H23N3O6S. The summed E-state index contributed by atoms with van der Waals surface area (Å²) < 4.78 is 33.9. The maximum absolute atomic E-state index is 13.3. The monoisotopic (exact) mass is 445 g/mol. The molecule has 0 atom stereocenters. The van der Waals surface area contributed by atoms with Crippen LogP contribution in [0.25, 0.3) is 0 Å². The molecule has 2 aliphatic heterocycles. The van der Waals surface area contributed by atoms with E-state index < -0.39 is 20.7 Å². The van der Waals surface area contributed by atoms with E-state index in [1.165, 1.54) is 22.5 Å². The molecule has 1 amide bonds. The van der Waals surface area contributed by atoms with Crippen molar-refractivity contribution in [3.05, 3.63) is 69.8 Å². The summed E-state index contributed by atoms with van der Waals surface area (Å²) >= 11 is 0. The molecule has 0 radical (unpaired) electrons. The third-order valence-electron chi connectivity index (χ3n) is 5.86. The summed E-state index contributed by atoms with van der Waals surface area (Å²) in [5, 5.41) is 11.0. The van der Waals surface area contributed by atoms with Gasteiger partial charge in [0.2, 0.25) is 10.0 Å². The largest absolute Gasteiger partial charge is 0.358 e. The fourth-order valence-electron chi connectivity index (χ4n) is 4.16. The first-order chi connectivity index (χ1) is 14.7. The summed E-state index contributed by atoms with van der Waals surface area (Å²) in [5.74, 6) is -0.315. The normalized spacial score (nSPS) is 18.9. The minimum Gasteiger partial charge on any atom is -0.358 e. The van der Waals surface area contributed by atoms with Crippen LogP contribution in [0, 0.1) is 17.0 Å². The lowest BCUT2D eigenvalue weighted by atomic mass is 10.00. The lowest BCUT2D eigenvalue weighted by molar-refractivity contribution is -0.384. The van der Waals surface area contributed by atoms with E-state index in [1.54, 1.807) is 35.2 Å². The van der Waals surface area contributed by atoms with Gasteiger partial charge in [0.05, 0.1) is 16.4 Å². The summed E-state index contributed by atoms with van der Waals surface area (Å²) in [6.45, 7) is 3.03. The number of piperidine rings is 1. The zero-order valence-electron chi connectivity index (χ0n) is 17.1. The van der Waals surface area contributed by atoms with Crippen LogP contribution in [0.15, 0.2) is 53.4 Å². The van der Waals surface area contributed by atoms with Crippen molar-refractivity contribution in [3.63, 3.8) is 0 Å². The van der Waals surface area contributed by atoms with Crippen LogP contribution in [0.5, 0.6) is 0 Å². The van der Waals surface area contributed by atoms with Gasteiger partial charge in [0.1, 0.15) is 5.72 Å². The second-order valence-electron chi connectivity index (χ2n) is 7.78. The van der Waals surface area contributed by atoms with Gasteiger partial charge < -0.3 is 9.64 Å². The van der Waals surface area contributed by atoms with Crippen LogP contribution in [0.3, 0.4) is 0 Å². The van der Waals surface area contributed by atoms with E-state index in [0.29, 0.717) is 32.5 Å². The highest BCUT2D eigenvalue weighted by atomic mass is 32.2. The molecule has 0 bridgehead atoms. The average molecular weight is 445 g/mol. The van der Waals surface area contributed by atoms with Gasteiger partial charge in [0.25, 0.3) is 11.6 Å². The quantitative estimate of drug-likeness (QED) is 0.528. The van der Waals surface area contributed by atoms with Gasteiger partial charge in [-0.05, 0) is 25.1 Å². The van der Waals surface area contributed by atoms with Gasteiger partial charge in [-0.3, -0.25) is 14.9 Å². The number of carbonyl (C=O) groups excluding carboxylic acids is 1. The first-order valence-electron chi connectivity index (χ1n) is 10.0. The fraction of sp³-hybridized carbons (Fsp3) is 0.381. The van der Waals surface area contributed by atoms with Crippen molar-refractivity contribution in [2.75, 3.05) is 26.2 Å². The number of sulfonamides is 1. The summed E-state index contributed by atoms with van der Waals surface area (Å²) in [6, 6.07) is 12.3. The Balaban J connectivity index is 1.51. The zero-order chi connectivity index (χ0) is 22.2. The van der Waals surface area contributed by atoms with Crippen molar-refractivity contribution >= 4 is 21.6 Å². The number of hydrogen-bond acceptors (Lipinski definition) is 6. The molecule has 2 heterocycles. The number of amides is 1. The van der Waals surface area contributed by atoms with E-state index >= 15 is 0 Å². The molecule has 2 fully saturated rings. The molecule has 2 aromatic carbocycles. The predicted molar refractivity (Wildman–Crippen MR) is 112 cm³/mol. The van der Waals surface area contributed by atoms with Gasteiger partial charge in [-0.25, -0.2) is 8.42 Å². The highest BCUT2D eigenvalue weighted by Gasteiger charge is 2.51. The lowest BCUT2D eigenvalue weighted by Gasteiger charge is -2.42. The van der Waals surface area contributed by atoms with Crippen molar-refractivity contribution in [1.29, 1.82) is 0 Å². The van der Waals surface area contributed by atoms with Crippen molar-refractivity contribution in [2.45, 2.75) is 30.4 Å². The number of nitro groups is 1. The van der Waals surface area contributed by atoms with Crippen molar-refractivity contribution in [1.82, 2.24) is 9.21 Å². The average Bonchev–Trinajstić information content (AvgIpc) is 3.18. The smallest absolute Gasteiger partial charge is 0.270 e. The van der Waals surface area contributed by atoms with Crippen LogP contribution in [0.1, 0.15) is 28.8 Å². The minimum absolute atomic E-state index is 0.145. The highest BCUT2D eigenvalue weighted by molar-refractivity contribution is 7.89. The molecule has 0 saturated carbocycles. The second-order valence-corrected chi connectivity index (χ2v) is 9.65. The van der Waals surface area contributed by atoms with Crippen LogP contribution in [0.4, 0.5) is 5.69 Å². The Morgan fingerprint density at radius 1 is 1.10 bits per heavy atom. The second kappa shape index (κ2) is 8.03. The number of nitro benzene ring substituents is 1. The predicted octanol–water partition coefficient (Wildman–Crippen LogP) is 2.56. The number of carbonyl (C=O) groups is 1. The molecule has 10 heteroatoms. The number of ether oxygens (including phenoxy) is 1. The number of hydrogen-bond donors (Lipinski definition) is 0. The summed E-state index contributed by atoms with van der Waals surface area (Å²) in [7, 11) is -3.74. The van der Waals surface area contributed by atoms with E-state index in [1.807, 2.05) is 6.92 Å². The Morgan fingerprint density at radius 3 is 2.42 bits per heavy atom. The topological polar surface area (TPSA) is 110 Å². The summed E-state index contributed by atoms with van der Waals surface area (Å²) in [4.78, 5) is 25.1. The fourth-order valence-corrected chi connectivity index (χ4v) is 5.88. The van der Waals surface area contributed by atoms with Crippen LogP contribution in [-0.2, 0) is 14.8 Å². The first kappa shape index (κ1) is 21.4. The van der Waals surface area contributed by atoms with Crippen LogP contribution in [-0.4, -0.2) is 60.4 Å². The molecule has 2 aliphatic rings. The van der Waals surface area contributed by atoms with Crippen LogP contribution < -0.4 is 0 Å². The lowest BCUT2D eigenvalue weighted by Crippen LogP contribution is -2.55. The van der Waals surface area contributed by atoms with Crippen LogP contribution >= 0.6 is 0 Å². The molecule has 0 N–H and O–H groups in total. The molecule has 0 unspecified atom stereocenters. The van der Waals surface area contributed by atoms with E-state index in [0.717, 1.165) is 5.56 Å². The highest BCUT2D eigenvalue weighted by Crippen LogP contribution is 2.38. The molecule has 1 spiro atoms. The molecule has 0 aliphatic carbocycles. The maximum atomic E-state index is 13.3. The van der Waals surface area contributed by atoms with Crippen molar-refractivity contribution in [2.24, 2.45) is 0 Å². The van der Waals surface area contributed by atoms with E-state index in [4.69, 9.17) is 4.74 Å². The molecule has 0 aromatic heterocycles. The Labute approximate surface area is 180 Å². The zero-order valence-corrected chi connectivity index (χ0v) is 17.9. The molecule has 31 heavy (non-hydrogen) atoms. The Bertz CT molecular complexity index is 1110. The maximum Gasteiger partial charge on any atom is 0.270 e. The van der Waals surface area contributed by atoms with Gasteiger partial charge in [-0.2, -0.15) is 4.31 Å². The van der Waals surface area contributed by atoms with E-state index in [2.05, 4.69) is 0 Å². The third kappa shape index (κ3) is 3.93. The van der Waals surface area contributed by atoms with Crippen molar-refractivity contribution < 1.29 is 22.9 Å². The van der Waals surface area contributed by atoms with Crippen molar-refractivity contribution in [3.8, 4) is 0 Å². The molecule has 9 nitrogen and oxygen atoms in total. The number of rotatable bonds is 4. The van der Waals surface area contributed by atoms with Gasteiger partial charge in [0, 0.05) is 50.2 Å². The molecule has 164 valence electrons. The Hall–Kier alpha value is -2.82. The summed E-state index contributed by atoms with van der Waals surface area (Å²) in [5.41, 5.74) is 0.0816. The van der Waals surface area contributed by atoms with Gasteiger partial charge >= 0.3 is 0 Å². The van der Waals surface area contributed by atoms with Crippen LogP contribution in [0.2, 0.25) is 0 Å². The van der Waals surface area contributed by atoms with Gasteiger partial charge in [0.15, 0.2) is 0 Å². The Kier molecular flexibility index (Phi) is 5.54. The molecule has 2 saturated heterocycles. The third-order valence-corrected chi connectivity index (χ3v) is 7.83. The number of nitrogens with zero attached hydrogens (tertiary/aromatic N) is 3. The number of likely N-dealkylation sites (tertiary alicyclic amines) is 1. The first-order valence-corrected chi connectivity index (χ1v) is 11.4. The van der Waals surface area contributed by atoms with Gasteiger partial charge in [-0.15, -0.1) is 0 Å². The number of aryl methyl sites for hydroxylation is 1. The summed E-state index contributed by atoms with van der Waals surface area (Å²) in [6.07, 6.45) is 0.664. The number of non-ortho nitro benzene ring substituents is 1. The van der Waals surface area contributed by atoms with Gasteiger partial charge in [-0.1, -0.05) is 23.8 Å². The van der Waals surface area contributed by atoms with E-state index in [9.17, 15) is 23.3 Å². The molecule has 4 rings (SSSR count). The minimum atomic E-state index is -3.74. The van der Waals surface area contributed by atoms with E-state index in [-0.39, 0.29) is 28.6 Å². The molecular weight excluding hydrogens is 422 g/mol. The SMILES string of the molecule is Cc1ccc(S(=O)(=O)N2CCOC23CCN(C(=O)c2cccc([N+](=O)[O-])c2)CC3)cc1. The Morgan fingerprint density at radius 2 is 1.77 bits per heavy atom. The standard InChI is InChI=1S/C21H23N3O6S/c1-16-5-7-19(8-6-16)31(28,29)23-13-14-30-21(23)9-11-22(12-10-21)20(25)17-3-2-4-18(15-17)24(26)27/h2-8,15H,9-14H2,1H3.